The summed E-state index contributed by atoms with van der Waals surface area (Å²) in [4.78, 5) is 0.644. The lowest BCUT2D eigenvalue weighted by Crippen LogP contribution is -1.76. The van der Waals surface area contributed by atoms with Crippen molar-refractivity contribution in [3.8, 4) is 11.1 Å². The Balaban J connectivity index is 2.87. The fraction of sp³-hybridized carbons (Fsp3) is 0. The molecule has 0 aliphatic heterocycles. The van der Waals surface area contributed by atoms with Crippen LogP contribution in [0, 0.1) is 11.3 Å². The highest BCUT2D eigenvalue weighted by Gasteiger charge is 2.07. The van der Waals surface area contributed by atoms with Crippen molar-refractivity contribution in [2.75, 3.05) is 0 Å². The van der Waals surface area contributed by atoms with Crippen molar-refractivity contribution in [2.45, 2.75) is 4.90 Å². The maximum absolute atomic E-state index is 9.25. The van der Waals surface area contributed by atoms with Crippen LogP contribution in [0.1, 0.15) is 5.56 Å². The van der Waals surface area contributed by atoms with Gasteiger partial charge in [-0.1, -0.05) is 17.4 Å². The van der Waals surface area contributed by atoms with E-state index in [1.165, 1.54) is 11.3 Å². The minimum atomic E-state index is 0.250. The van der Waals surface area contributed by atoms with Crippen LogP contribution in [-0.2, 0) is 0 Å². The van der Waals surface area contributed by atoms with Crippen LogP contribution >= 0.6 is 24.0 Å². The van der Waals surface area contributed by atoms with Gasteiger partial charge in [0, 0.05) is 4.90 Å². The molecule has 4 heteroatoms. The zero-order valence-electron chi connectivity index (χ0n) is 6.48. The second-order valence-electron chi connectivity index (χ2n) is 2.58. The maximum atomic E-state index is 9.25. The standard InChI is InChI=1S/C9H5NOS2/c10-4-6-2-1-5-3-7(11)13-9(5)8(6)12/h1-3,11-12H. The average molecular weight is 207 g/mol. The predicted molar refractivity (Wildman–Crippen MR) is 55.5 cm³/mol. The van der Waals surface area contributed by atoms with Crippen molar-refractivity contribution in [3.63, 3.8) is 0 Å². The molecule has 0 aliphatic rings. The first-order valence-electron chi connectivity index (χ1n) is 3.57. The smallest absolute Gasteiger partial charge is 0.172 e. The van der Waals surface area contributed by atoms with Gasteiger partial charge in [-0.05, 0) is 17.5 Å². The van der Waals surface area contributed by atoms with E-state index in [2.05, 4.69) is 12.6 Å². The Bertz CT molecular complexity index is 510. The van der Waals surface area contributed by atoms with E-state index in [1.807, 2.05) is 12.1 Å². The zero-order valence-corrected chi connectivity index (χ0v) is 8.19. The number of fused-ring (bicyclic) bond motifs is 1. The molecule has 0 unspecified atom stereocenters. The van der Waals surface area contributed by atoms with Gasteiger partial charge in [0.25, 0.3) is 0 Å². The minimum Gasteiger partial charge on any atom is -0.499 e. The van der Waals surface area contributed by atoms with E-state index in [0.29, 0.717) is 10.5 Å². The Morgan fingerprint density at radius 3 is 2.92 bits per heavy atom. The Morgan fingerprint density at radius 2 is 2.23 bits per heavy atom. The molecule has 1 aromatic carbocycles. The van der Waals surface area contributed by atoms with Gasteiger partial charge in [0.05, 0.1) is 10.3 Å². The van der Waals surface area contributed by atoms with E-state index in [0.717, 1.165) is 10.1 Å². The summed E-state index contributed by atoms with van der Waals surface area (Å²) in [6.45, 7) is 0. The molecule has 0 amide bonds. The molecule has 0 bridgehead atoms. The van der Waals surface area contributed by atoms with Gasteiger partial charge >= 0.3 is 0 Å². The molecule has 0 atom stereocenters. The molecular formula is C9H5NOS2. The first-order chi connectivity index (χ1) is 6.22. The zero-order chi connectivity index (χ0) is 9.42. The van der Waals surface area contributed by atoms with E-state index >= 15 is 0 Å². The number of benzene rings is 1. The van der Waals surface area contributed by atoms with Crippen molar-refractivity contribution in [1.29, 1.82) is 5.26 Å². The Morgan fingerprint density at radius 1 is 1.46 bits per heavy atom. The summed E-state index contributed by atoms with van der Waals surface area (Å²) in [7, 11) is 0. The number of thiophene rings is 1. The molecule has 1 aromatic heterocycles. The number of aromatic hydroxyl groups is 1. The lowest BCUT2D eigenvalue weighted by molar-refractivity contribution is 0.491. The van der Waals surface area contributed by atoms with Crippen LogP contribution in [0.3, 0.4) is 0 Å². The van der Waals surface area contributed by atoms with Gasteiger partial charge in [-0.3, -0.25) is 0 Å². The van der Waals surface area contributed by atoms with Crippen molar-refractivity contribution in [2.24, 2.45) is 0 Å². The number of thiol groups is 1. The summed E-state index contributed by atoms with van der Waals surface area (Å²) >= 11 is 5.47. The summed E-state index contributed by atoms with van der Waals surface area (Å²) in [6, 6.07) is 7.23. The molecule has 2 nitrogen and oxygen atoms in total. The van der Waals surface area contributed by atoms with Crippen molar-refractivity contribution in [1.82, 2.24) is 0 Å². The average Bonchev–Trinajstić information content (AvgIpc) is 2.47. The molecule has 0 fully saturated rings. The monoisotopic (exact) mass is 207 g/mol. The molecule has 64 valence electrons. The molecule has 2 rings (SSSR count). The second kappa shape index (κ2) is 2.95. The van der Waals surface area contributed by atoms with Crippen molar-refractivity contribution in [3.05, 3.63) is 23.8 Å². The Kier molecular flexibility index (Phi) is 1.91. The second-order valence-corrected chi connectivity index (χ2v) is 4.05. The third-order valence-corrected chi connectivity index (χ3v) is 3.35. The van der Waals surface area contributed by atoms with E-state index in [1.54, 1.807) is 12.1 Å². The Hall–Kier alpha value is -1.18. The van der Waals surface area contributed by atoms with Crippen LogP contribution in [0.5, 0.6) is 5.06 Å². The molecule has 2 aromatic rings. The summed E-state index contributed by atoms with van der Waals surface area (Å²) in [6.07, 6.45) is 0. The van der Waals surface area contributed by atoms with Crippen molar-refractivity contribution >= 4 is 34.1 Å². The molecule has 0 spiro atoms. The number of rotatable bonds is 0. The highest BCUT2D eigenvalue weighted by atomic mass is 32.1. The topological polar surface area (TPSA) is 44.0 Å². The van der Waals surface area contributed by atoms with Gasteiger partial charge in [-0.25, -0.2) is 0 Å². The summed E-state index contributed by atoms with van der Waals surface area (Å²) in [5.74, 6) is 0. The molecule has 0 radical (unpaired) electrons. The maximum Gasteiger partial charge on any atom is 0.172 e. The van der Waals surface area contributed by atoms with Crippen LogP contribution in [0.25, 0.3) is 10.1 Å². The summed E-state index contributed by atoms with van der Waals surface area (Å²) in [5, 5.41) is 19.1. The van der Waals surface area contributed by atoms with E-state index < -0.39 is 0 Å². The van der Waals surface area contributed by atoms with Gasteiger partial charge in [0.1, 0.15) is 6.07 Å². The first-order valence-corrected chi connectivity index (χ1v) is 4.83. The lowest BCUT2D eigenvalue weighted by Gasteiger charge is -1.95. The van der Waals surface area contributed by atoms with Gasteiger partial charge in [0.2, 0.25) is 0 Å². The van der Waals surface area contributed by atoms with Gasteiger partial charge in [0.15, 0.2) is 5.06 Å². The number of nitrogens with zero attached hydrogens (tertiary/aromatic N) is 1. The van der Waals surface area contributed by atoms with Crippen LogP contribution in [0.15, 0.2) is 23.1 Å². The van der Waals surface area contributed by atoms with E-state index in [9.17, 15) is 5.11 Å². The summed E-state index contributed by atoms with van der Waals surface area (Å²) in [5.41, 5.74) is 0.540. The minimum absolute atomic E-state index is 0.250. The number of nitriles is 1. The SMILES string of the molecule is N#Cc1ccc2cc(O)sc2c1S. The van der Waals surface area contributed by atoms with Gasteiger partial charge in [-0.2, -0.15) is 5.26 Å². The van der Waals surface area contributed by atoms with Crippen LogP contribution < -0.4 is 0 Å². The number of hydrogen-bond donors (Lipinski definition) is 2. The molecule has 1 heterocycles. The molecule has 13 heavy (non-hydrogen) atoms. The predicted octanol–water partition coefficient (Wildman–Crippen LogP) is 2.77. The molecular weight excluding hydrogens is 202 g/mol. The van der Waals surface area contributed by atoms with Gasteiger partial charge in [-0.15, -0.1) is 12.6 Å². The third-order valence-electron chi connectivity index (χ3n) is 1.77. The van der Waals surface area contributed by atoms with Crippen molar-refractivity contribution < 1.29 is 5.11 Å². The fourth-order valence-corrected chi connectivity index (χ4v) is 2.40. The fourth-order valence-electron chi connectivity index (χ4n) is 1.16. The molecule has 0 aliphatic carbocycles. The van der Waals surface area contributed by atoms with Crippen LogP contribution in [-0.4, -0.2) is 5.11 Å². The summed E-state index contributed by atoms with van der Waals surface area (Å²) < 4.78 is 0.861. The van der Waals surface area contributed by atoms with Gasteiger partial charge < -0.3 is 5.11 Å². The van der Waals surface area contributed by atoms with E-state index in [-0.39, 0.29) is 5.06 Å². The van der Waals surface area contributed by atoms with E-state index in [4.69, 9.17) is 5.26 Å². The largest absolute Gasteiger partial charge is 0.499 e. The van der Waals surface area contributed by atoms with Crippen LogP contribution in [0.4, 0.5) is 0 Å². The molecule has 0 saturated heterocycles. The quantitative estimate of drug-likeness (QED) is 0.652. The highest BCUT2D eigenvalue weighted by Crippen LogP contribution is 2.36. The normalized spacial score (nSPS) is 10.2. The number of hydrogen-bond acceptors (Lipinski definition) is 4. The Labute approximate surface area is 84.5 Å². The molecule has 0 saturated carbocycles. The lowest BCUT2D eigenvalue weighted by atomic mass is 10.2. The molecule has 1 N–H and O–H groups in total. The van der Waals surface area contributed by atoms with Crippen LogP contribution in [0.2, 0.25) is 0 Å². The highest BCUT2D eigenvalue weighted by molar-refractivity contribution is 7.80. The third kappa shape index (κ3) is 1.26. The first kappa shape index (κ1) is 8.42.